The molecule has 0 N–H and O–H groups in total. The Balaban J connectivity index is 2.45. The summed E-state index contributed by atoms with van der Waals surface area (Å²) in [6, 6.07) is 0. The minimum absolute atomic E-state index is 0.241. The Morgan fingerprint density at radius 3 is 2.87 bits per heavy atom. The van der Waals surface area contributed by atoms with Crippen molar-refractivity contribution >= 4 is 40.3 Å². The van der Waals surface area contributed by atoms with E-state index in [0.717, 1.165) is 20.7 Å². The number of carbonyl (C=O) groups excluding carboxylic acids is 1. The summed E-state index contributed by atoms with van der Waals surface area (Å²) in [5, 5.41) is 0. The van der Waals surface area contributed by atoms with Crippen molar-refractivity contribution in [1.82, 2.24) is 0 Å². The molecule has 1 rings (SSSR count). The van der Waals surface area contributed by atoms with Crippen molar-refractivity contribution < 1.29 is 9.53 Å². The molecular formula is C11H15IO2S. The lowest BCUT2D eigenvalue weighted by Gasteiger charge is -2.05. The van der Waals surface area contributed by atoms with Crippen LogP contribution in [0.2, 0.25) is 0 Å². The Hall–Kier alpha value is 0.0300. The third-order valence-electron chi connectivity index (χ3n) is 2.01. The van der Waals surface area contributed by atoms with Gasteiger partial charge in [0.05, 0.1) is 0 Å². The molecule has 0 saturated heterocycles. The zero-order valence-corrected chi connectivity index (χ0v) is 12.0. The molecule has 0 amide bonds. The molecule has 1 heterocycles. The van der Waals surface area contributed by atoms with E-state index in [9.17, 15) is 4.79 Å². The summed E-state index contributed by atoms with van der Waals surface area (Å²) in [5.74, 6) is 2.64. The summed E-state index contributed by atoms with van der Waals surface area (Å²) in [6.45, 7) is 4.10. The number of rotatable bonds is 5. The van der Waals surface area contributed by atoms with Crippen molar-refractivity contribution in [3.63, 3.8) is 0 Å². The van der Waals surface area contributed by atoms with E-state index in [4.69, 9.17) is 4.74 Å². The standard InChI is InChI=1S/C11H15IO2S/c1-3-4-5-15-7-9(12)11-8(2)6-10(13)14-11/h6H,3-5,7H2,1-2H3/b11-9+. The van der Waals surface area contributed by atoms with Crippen LogP contribution < -0.4 is 0 Å². The Labute approximate surface area is 109 Å². The number of hydrogen-bond acceptors (Lipinski definition) is 3. The van der Waals surface area contributed by atoms with Crippen LogP contribution in [0.4, 0.5) is 0 Å². The predicted molar refractivity (Wildman–Crippen MR) is 73.1 cm³/mol. The van der Waals surface area contributed by atoms with E-state index in [1.807, 2.05) is 18.7 Å². The molecular weight excluding hydrogens is 323 g/mol. The first-order valence-electron chi connectivity index (χ1n) is 5.02. The molecule has 0 saturated carbocycles. The fraction of sp³-hybridized carbons (Fsp3) is 0.545. The fourth-order valence-corrected chi connectivity index (χ4v) is 3.34. The average Bonchev–Trinajstić information content (AvgIpc) is 2.52. The molecule has 0 spiro atoms. The van der Waals surface area contributed by atoms with Gasteiger partial charge in [-0.1, -0.05) is 13.3 Å². The molecule has 1 aliphatic rings. The van der Waals surface area contributed by atoms with Crippen LogP contribution in [0.15, 0.2) is 21.0 Å². The zero-order valence-electron chi connectivity index (χ0n) is 9.01. The molecule has 0 aromatic carbocycles. The molecule has 4 heteroatoms. The topological polar surface area (TPSA) is 26.3 Å². The Morgan fingerprint density at radius 2 is 2.33 bits per heavy atom. The van der Waals surface area contributed by atoms with Gasteiger partial charge in [0.25, 0.3) is 0 Å². The highest BCUT2D eigenvalue weighted by molar-refractivity contribution is 14.1. The van der Waals surface area contributed by atoms with Crippen molar-refractivity contribution in [3.05, 3.63) is 21.0 Å². The Kier molecular flexibility index (Phi) is 5.74. The van der Waals surface area contributed by atoms with E-state index >= 15 is 0 Å². The number of carbonyl (C=O) groups is 1. The average molecular weight is 338 g/mol. The van der Waals surface area contributed by atoms with Crippen molar-refractivity contribution in [1.29, 1.82) is 0 Å². The second-order valence-corrected chi connectivity index (χ2v) is 5.80. The number of unbranched alkanes of at least 4 members (excludes halogenated alkanes) is 1. The first-order chi connectivity index (χ1) is 7.15. The lowest BCUT2D eigenvalue weighted by molar-refractivity contribution is -0.132. The van der Waals surface area contributed by atoms with Crippen LogP contribution in [0, 0.1) is 0 Å². The van der Waals surface area contributed by atoms with Gasteiger partial charge in [-0.25, -0.2) is 4.79 Å². The summed E-state index contributed by atoms with van der Waals surface area (Å²) in [5.41, 5.74) is 0.945. The molecule has 15 heavy (non-hydrogen) atoms. The fourth-order valence-electron chi connectivity index (χ4n) is 1.20. The quantitative estimate of drug-likeness (QED) is 0.435. The minimum Gasteiger partial charge on any atom is -0.422 e. The van der Waals surface area contributed by atoms with Crippen LogP contribution in [-0.4, -0.2) is 17.5 Å². The van der Waals surface area contributed by atoms with Crippen LogP contribution in [-0.2, 0) is 9.53 Å². The van der Waals surface area contributed by atoms with Gasteiger partial charge in [-0.05, 0) is 47.3 Å². The van der Waals surface area contributed by atoms with Crippen molar-refractivity contribution in [2.75, 3.05) is 11.5 Å². The van der Waals surface area contributed by atoms with Gasteiger partial charge in [-0.2, -0.15) is 11.8 Å². The number of thioether (sulfide) groups is 1. The molecule has 2 nitrogen and oxygen atoms in total. The zero-order chi connectivity index (χ0) is 11.3. The second kappa shape index (κ2) is 6.58. The van der Waals surface area contributed by atoms with E-state index in [0.29, 0.717) is 0 Å². The molecule has 84 valence electrons. The number of esters is 1. The summed E-state index contributed by atoms with van der Waals surface area (Å²) >= 11 is 4.15. The van der Waals surface area contributed by atoms with E-state index in [1.54, 1.807) is 6.08 Å². The van der Waals surface area contributed by atoms with Gasteiger partial charge in [0.1, 0.15) is 5.76 Å². The second-order valence-electron chi connectivity index (χ2n) is 3.39. The maximum Gasteiger partial charge on any atom is 0.336 e. The number of ether oxygens (including phenoxy) is 1. The molecule has 0 radical (unpaired) electrons. The van der Waals surface area contributed by atoms with E-state index in [1.165, 1.54) is 18.6 Å². The van der Waals surface area contributed by atoms with Crippen molar-refractivity contribution in [3.8, 4) is 0 Å². The van der Waals surface area contributed by atoms with Crippen LogP contribution in [0.25, 0.3) is 0 Å². The molecule has 0 aliphatic carbocycles. The van der Waals surface area contributed by atoms with Gasteiger partial charge >= 0.3 is 5.97 Å². The van der Waals surface area contributed by atoms with Crippen LogP contribution in [0.1, 0.15) is 26.7 Å². The molecule has 0 atom stereocenters. The number of hydrogen-bond donors (Lipinski definition) is 0. The molecule has 0 aromatic rings. The first-order valence-corrected chi connectivity index (χ1v) is 7.25. The normalized spacial score (nSPS) is 18.9. The third-order valence-corrected chi connectivity index (χ3v) is 4.47. The van der Waals surface area contributed by atoms with Gasteiger partial charge < -0.3 is 4.74 Å². The predicted octanol–water partition coefficient (Wildman–Crippen LogP) is 3.67. The maximum atomic E-state index is 11.0. The first kappa shape index (κ1) is 13.1. The van der Waals surface area contributed by atoms with Gasteiger partial charge in [0.15, 0.2) is 0 Å². The monoisotopic (exact) mass is 338 g/mol. The van der Waals surface area contributed by atoms with Crippen LogP contribution in [0.5, 0.6) is 0 Å². The lowest BCUT2D eigenvalue weighted by Crippen LogP contribution is -1.95. The Bertz CT molecular complexity index is 308. The number of cyclic esters (lactones) is 1. The summed E-state index contributed by atoms with van der Waals surface area (Å²) in [7, 11) is 0. The summed E-state index contributed by atoms with van der Waals surface area (Å²) in [4.78, 5) is 11.0. The smallest absolute Gasteiger partial charge is 0.336 e. The van der Waals surface area contributed by atoms with E-state index in [2.05, 4.69) is 29.5 Å². The van der Waals surface area contributed by atoms with Crippen molar-refractivity contribution in [2.45, 2.75) is 26.7 Å². The largest absolute Gasteiger partial charge is 0.422 e. The molecule has 1 aliphatic heterocycles. The molecule has 0 bridgehead atoms. The highest BCUT2D eigenvalue weighted by Gasteiger charge is 2.19. The van der Waals surface area contributed by atoms with Crippen molar-refractivity contribution in [2.24, 2.45) is 0 Å². The highest BCUT2D eigenvalue weighted by Crippen LogP contribution is 2.28. The van der Waals surface area contributed by atoms with Crippen LogP contribution in [0.3, 0.4) is 0 Å². The number of halogens is 1. The molecule has 0 fully saturated rings. The van der Waals surface area contributed by atoms with Gasteiger partial charge in [0.2, 0.25) is 0 Å². The molecule has 0 aromatic heterocycles. The van der Waals surface area contributed by atoms with Gasteiger partial charge in [-0.15, -0.1) is 0 Å². The minimum atomic E-state index is -0.241. The number of allylic oxidation sites excluding steroid dienone is 1. The summed E-state index contributed by atoms with van der Waals surface area (Å²) in [6.07, 6.45) is 4.03. The van der Waals surface area contributed by atoms with Gasteiger partial charge in [-0.3, -0.25) is 0 Å². The molecule has 0 unspecified atom stereocenters. The summed E-state index contributed by atoms with van der Waals surface area (Å²) < 4.78 is 6.25. The third kappa shape index (κ3) is 4.18. The van der Waals surface area contributed by atoms with Crippen LogP contribution >= 0.6 is 34.4 Å². The highest BCUT2D eigenvalue weighted by atomic mass is 127. The van der Waals surface area contributed by atoms with E-state index in [-0.39, 0.29) is 5.97 Å². The Morgan fingerprint density at radius 1 is 1.60 bits per heavy atom. The van der Waals surface area contributed by atoms with Gasteiger partial charge in [0, 0.05) is 15.4 Å². The van der Waals surface area contributed by atoms with E-state index < -0.39 is 0 Å². The lowest BCUT2D eigenvalue weighted by atomic mass is 10.2. The maximum absolute atomic E-state index is 11.0. The SMILES string of the molecule is CCCCSC/C(I)=C1\OC(=O)C=C1C.